The van der Waals surface area contributed by atoms with E-state index in [-0.39, 0.29) is 0 Å². The minimum Gasteiger partial charge on any atom is -0.378 e. The fourth-order valence-electron chi connectivity index (χ4n) is 1.81. The number of aromatic nitrogens is 2. The number of carbonyl (C=O) groups is 1. The Bertz CT molecular complexity index is 528. The predicted octanol–water partition coefficient (Wildman–Crippen LogP) is 1.45. The van der Waals surface area contributed by atoms with Gasteiger partial charge < -0.3 is 14.1 Å². The average molecular weight is 217 g/mol. The van der Waals surface area contributed by atoms with Crippen LogP contribution in [0.4, 0.5) is 5.69 Å². The standard InChI is InChI=1S/C12H15N3O/c1-9-13-11(5-7-16)12-8-10(14(2)3)4-6-15(9)12/h4,6-8H,5H2,1-3H3. The summed E-state index contributed by atoms with van der Waals surface area (Å²) in [7, 11) is 3.99. The molecule has 0 aromatic carbocycles. The lowest BCUT2D eigenvalue weighted by Gasteiger charge is -2.12. The Morgan fingerprint density at radius 2 is 2.25 bits per heavy atom. The van der Waals surface area contributed by atoms with Crippen molar-refractivity contribution in [3.63, 3.8) is 0 Å². The van der Waals surface area contributed by atoms with E-state index in [9.17, 15) is 4.79 Å². The molecule has 0 aliphatic heterocycles. The van der Waals surface area contributed by atoms with Crippen molar-refractivity contribution in [1.82, 2.24) is 9.38 Å². The number of fused-ring (bicyclic) bond motifs is 1. The summed E-state index contributed by atoms with van der Waals surface area (Å²) >= 11 is 0. The number of pyridine rings is 1. The highest BCUT2D eigenvalue weighted by Gasteiger charge is 2.08. The molecular weight excluding hydrogens is 202 g/mol. The quantitative estimate of drug-likeness (QED) is 0.730. The van der Waals surface area contributed by atoms with Crippen molar-refractivity contribution < 1.29 is 4.79 Å². The molecule has 2 rings (SSSR count). The Morgan fingerprint density at radius 1 is 1.50 bits per heavy atom. The van der Waals surface area contributed by atoms with Crippen molar-refractivity contribution in [2.75, 3.05) is 19.0 Å². The lowest BCUT2D eigenvalue weighted by atomic mass is 10.2. The van der Waals surface area contributed by atoms with Crippen molar-refractivity contribution in [1.29, 1.82) is 0 Å². The number of imidazole rings is 1. The van der Waals surface area contributed by atoms with Crippen molar-refractivity contribution in [3.05, 3.63) is 29.8 Å². The van der Waals surface area contributed by atoms with Gasteiger partial charge >= 0.3 is 0 Å². The van der Waals surface area contributed by atoms with E-state index in [1.807, 2.05) is 42.6 Å². The Kier molecular flexibility index (Phi) is 2.64. The van der Waals surface area contributed by atoms with Crippen LogP contribution in [0.1, 0.15) is 11.5 Å². The molecule has 0 fully saturated rings. The second-order valence-electron chi connectivity index (χ2n) is 4.01. The zero-order chi connectivity index (χ0) is 11.7. The Balaban J connectivity index is 2.64. The second kappa shape index (κ2) is 3.96. The highest BCUT2D eigenvalue weighted by molar-refractivity contribution is 5.67. The topological polar surface area (TPSA) is 37.6 Å². The summed E-state index contributed by atoms with van der Waals surface area (Å²) in [5.41, 5.74) is 2.96. The van der Waals surface area contributed by atoms with Gasteiger partial charge in [0.15, 0.2) is 0 Å². The number of anilines is 1. The first-order valence-electron chi connectivity index (χ1n) is 5.22. The zero-order valence-electron chi connectivity index (χ0n) is 9.77. The molecule has 0 unspecified atom stereocenters. The van der Waals surface area contributed by atoms with Crippen LogP contribution in [-0.2, 0) is 11.2 Å². The number of hydrogen-bond acceptors (Lipinski definition) is 3. The van der Waals surface area contributed by atoms with Gasteiger partial charge in [0, 0.05) is 32.4 Å². The number of hydrogen-bond donors (Lipinski definition) is 0. The molecule has 0 amide bonds. The van der Waals surface area contributed by atoms with Crippen LogP contribution in [0.5, 0.6) is 0 Å². The smallest absolute Gasteiger partial charge is 0.126 e. The lowest BCUT2D eigenvalue weighted by Crippen LogP contribution is -2.08. The largest absolute Gasteiger partial charge is 0.378 e. The number of carbonyl (C=O) groups excluding carboxylic acids is 1. The number of nitrogens with zero attached hydrogens (tertiary/aromatic N) is 3. The maximum absolute atomic E-state index is 10.6. The maximum atomic E-state index is 10.6. The monoisotopic (exact) mass is 217 g/mol. The van der Waals surface area contributed by atoms with Crippen molar-refractivity contribution in [3.8, 4) is 0 Å². The molecule has 4 heteroatoms. The molecular formula is C12H15N3O. The van der Waals surface area contributed by atoms with Gasteiger partial charge in [-0.1, -0.05) is 0 Å². The van der Waals surface area contributed by atoms with E-state index >= 15 is 0 Å². The molecule has 4 nitrogen and oxygen atoms in total. The Morgan fingerprint density at radius 3 is 2.88 bits per heavy atom. The molecule has 0 saturated carbocycles. The third-order valence-corrected chi connectivity index (χ3v) is 2.67. The molecule has 0 aliphatic carbocycles. The van der Waals surface area contributed by atoms with E-state index in [1.54, 1.807) is 0 Å². The first kappa shape index (κ1) is 10.7. The molecule has 16 heavy (non-hydrogen) atoms. The lowest BCUT2D eigenvalue weighted by molar-refractivity contribution is -0.107. The third kappa shape index (κ3) is 1.66. The van der Waals surface area contributed by atoms with Crippen LogP contribution in [0.25, 0.3) is 5.52 Å². The van der Waals surface area contributed by atoms with Gasteiger partial charge in [0.25, 0.3) is 0 Å². The molecule has 0 atom stereocenters. The van der Waals surface area contributed by atoms with E-state index in [2.05, 4.69) is 11.1 Å². The van der Waals surface area contributed by atoms with Gasteiger partial charge in [-0.05, 0) is 19.1 Å². The molecule has 2 heterocycles. The van der Waals surface area contributed by atoms with Gasteiger partial charge in [-0.25, -0.2) is 4.98 Å². The molecule has 0 N–H and O–H groups in total. The fraction of sp³-hybridized carbons (Fsp3) is 0.333. The van der Waals surface area contributed by atoms with Gasteiger partial charge in [-0.3, -0.25) is 0 Å². The SMILES string of the molecule is Cc1nc(CC=O)c2cc(N(C)C)ccn12. The van der Waals surface area contributed by atoms with Crippen molar-refractivity contribution >= 4 is 17.5 Å². The Labute approximate surface area is 94.5 Å². The van der Waals surface area contributed by atoms with E-state index in [1.165, 1.54) is 0 Å². The molecule has 0 spiro atoms. The second-order valence-corrected chi connectivity index (χ2v) is 4.01. The van der Waals surface area contributed by atoms with Gasteiger partial charge in [-0.15, -0.1) is 0 Å². The fourth-order valence-corrected chi connectivity index (χ4v) is 1.81. The van der Waals surface area contributed by atoms with Crippen LogP contribution in [-0.4, -0.2) is 29.8 Å². The van der Waals surface area contributed by atoms with Crippen molar-refractivity contribution in [2.24, 2.45) is 0 Å². The number of aryl methyl sites for hydroxylation is 1. The zero-order valence-corrected chi connectivity index (χ0v) is 9.77. The average Bonchev–Trinajstić information content (AvgIpc) is 2.56. The summed E-state index contributed by atoms with van der Waals surface area (Å²) in [5.74, 6) is 0.914. The predicted molar refractivity (Wildman–Crippen MR) is 64.0 cm³/mol. The van der Waals surface area contributed by atoms with Gasteiger partial charge in [0.05, 0.1) is 11.2 Å². The first-order valence-corrected chi connectivity index (χ1v) is 5.22. The summed E-state index contributed by atoms with van der Waals surface area (Å²) in [5, 5.41) is 0. The van der Waals surface area contributed by atoms with Gasteiger partial charge in [-0.2, -0.15) is 0 Å². The van der Waals surface area contributed by atoms with Crippen LogP contribution >= 0.6 is 0 Å². The third-order valence-electron chi connectivity index (χ3n) is 2.67. The first-order chi connectivity index (χ1) is 7.63. The van der Waals surface area contributed by atoms with E-state index in [0.717, 1.165) is 29.0 Å². The molecule has 0 aliphatic rings. The minimum absolute atomic E-state index is 0.369. The van der Waals surface area contributed by atoms with Crippen LogP contribution < -0.4 is 4.90 Å². The molecule has 84 valence electrons. The molecule has 0 bridgehead atoms. The Hall–Kier alpha value is -1.84. The summed E-state index contributed by atoms with van der Waals surface area (Å²) in [6.07, 6.45) is 3.25. The minimum atomic E-state index is 0.369. The molecule has 0 radical (unpaired) electrons. The van der Waals surface area contributed by atoms with Crippen LogP contribution in [0.15, 0.2) is 18.3 Å². The normalized spacial score (nSPS) is 10.7. The van der Waals surface area contributed by atoms with Gasteiger partial charge in [0.2, 0.25) is 0 Å². The number of aldehydes is 1. The molecule has 0 saturated heterocycles. The highest BCUT2D eigenvalue weighted by atomic mass is 16.1. The summed E-state index contributed by atoms with van der Waals surface area (Å²) in [6, 6.07) is 4.09. The highest BCUT2D eigenvalue weighted by Crippen LogP contribution is 2.19. The number of rotatable bonds is 3. The van der Waals surface area contributed by atoms with E-state index < -0.39 is 0 Å². The summed E-state index contributed by atoms with van der Waals surface area (Å²) < 4.78 is 2.01. The summed E-state index contributed by atoms with van der Waals surface area (Å²) in [4.78, 5) is 17.0. The molecule has 2 aromatic heterocycles. The van der Waals surface area contributed by atoms with Gasteiger partial charge in [0.1, 0.15) is 12.1 Å². The van der Waals surface area contributed by atoms with Crippen LogP contribution in [0.2, 0.25) is 0 Å². The van der Waals surface area contributed by atoms with E-state index in [4.69, 9.17) is 0 Å². The van der Waals surface area contributed by atoms with Crippen LogP contribution in [0.3, 0.4) is 0 Å². The van der Waals surface area contributed by atoms with E-state index in [0.29, 0.717) is 6.42 Å². The van der Waals surface area contributed by atoms with Crippen LogP contribution in [0, 0.1) is 6.92 Å². The maximum Gasteiger partial charge on any atom is 0.126 e. The van der Waals surface area contributed by atoms with Crippen molar-refractivity contribution in [2.45, 2.75) is 13.3 Å². The molecule has 2 aromatic rings. The summed E-state index contributed by atoms with van der Waals surface area (Å²) in [6.45, 7) is 1.94.